The highest BCUT2D eigenvalue weighted by Gasteiger charge is 2.34. The molecule has 0 bridgehead atoms. The van der Waals surface area contributed by atoms with Gasteiger partial charge in [-0.2, -0.15) is 0 Å². The molecule has 42 heavy (non-hydrogen) atoms. The third-order valence-corrected chi connectivity index (χ3v) is 10.2. The lowest BCUT2D eigenvalue weighted by atomic mass is 9.95. The standard InChI is InChI=1S/C32H37Cl2N3O4S/c1-22-15-17-28(18-16-22)42(40,41)37(30-14-8-13-29(34)23(30)2)21-31(38)36(20-25-9-7-10-26(33)19-25)24(3)32(39)35-27-11-5-4-6-12-27/h7-10,13-19,24,27H,4-6,11-12,20-21H2,1-3H3,(H,35,39)/t24-/m0/s1. The average Bonchev–Trinajstić information content (AvgIpc) is 2.96. The predicted molar refractivity (Wildman–Crippen MR) is 168 cm³/mol. The smallest absolute Gasteiger partial charge is 0.264 e. The number of sulfonamides is 1. The number of hydrogen-bond acceptors (Lipinski definition) is 4. The fourth-order valence-corrected chi connectivity index (χ4v) is 7.05. The van der Waals surface area contributed by atoms with E-state index in [0.717, 1.165) is 47.5 Å². The monoisotopic (exact) mass is 629 g/mol. The van der Waals surface area contributed by atoms with Crippen molar-refractivity contribution in [3.8, 4) is 0 Å². The first kappa shape index (κ1) is 31.9. The van der Waals surface area contributed by atoms with Gasteiger partial charge in [-0.05, 0) is 81.1 Å². The zero-order valence-electron chi connectivity index (χ0n) is 24.1. The van der Waals surface area contributed by atoms with Crippen LogP contribution in [-0.4, -0.2) is 43.8 Å². The number of anilines is 1. The summed E-state index contributed by atoms with van der Waals surface area (Å²) >= 11 is 12.6. The molecule has 10 heteroatoms. The Bertz CT molecular complexity index is 1520. The summed E-state index contributed by atoms with van der Waals surface area (Å²) in [5, 5.41) is 3.98. The van der Waals surface area contributed by atoms with Crippen molar-refractivity contribution >= 4 is 50.7 Å². The van der Waals surface area contributed by atoms with Crippen LogP contribution in [0.25, 0.3) is 0 Å². The van der Waals surface area contributed by atoms with Crippen LogP contribution in [0.15, 0.2) is 71.6 Å². The minimum Gasteiger partial charge on any atom is -0.352 e. The Kier molecular flexibility index (Phi) is 10.6. The van der Waals surface area contributed by atoms with Crippen LogP contribution in [0.2, 0.25) is 10.0 Å². The Morgan fingerprint density at radius 1 is 0.952 bits per heavy atom. The number of carbonyl (C=O) groups is 2. The molecular formula is C32H37Cl2N3O4S. The van der Waals surface area contributed by atoms with Gasteiger partial charge in [0.25, 0.3) is 10.0 Å². The summed E-state index contributed by atoms with van der Waals surface area (Å²) in [6.45, 7) is 4.80. The van der Waals surface area contributed by atoms with E-state index >= 15 is 0 Å². The van der Waals surface area contributed by atoms with Gasteiger partial charge in [-0.15, -0.1) is 0 Å². The molecule has 0 aliphatic heterocycles. The second kappa shape index (κ2) is 13.9. The topological polar surface area (TPSA) is 86.8 Å². The van der Waals surface area contributed by atoms with Crippen molar-refractivity contribution in [2.75, 3.05) is 10.8 Å². The van der Waals surface area contributed by atoms with Crippen molar-refractivity contribution in [1.29, 1.82) is 0 Å². The zero-order valence-corrected chi connectivity index (χ0v) is 26.5. The quantitative estimate of drug-likeness (QED) is 0.271. The fourth-order valence-electron chi connectivity index (χ4n) is 5.20. The number of benzene rings is 3. The van der Waals surface area contributed by atoms with Crippen LogP contribution < -0.4 is 9.62 Å². The van der Waals surface area contributed by atoms with Crippen LogP contribution in [0, 0.1) is 13.8 Å². The molecule has 1 aliphatic carbocycles. The molecule has 1 N–H and O–H groups in total. The molecule has 7 nitrogen and oxygen atoms in total. The van der Waals surface area contributed by atoms with Crippen LogP contribution >= 0.6 is 23.2 Å². The molecule has 224 valence electrons. The molecule has 1 fully saturated rings. The van der Waals surface area contributed by atoms with Crippen molar-refractivity contribution in [3.63, 3.8) is 0 Å². The molecule has 1 atom stereocenters. The number of rotatable bonds is 10. The molecule has 0 radical (unpaired) electrons. The largest absolute Gasteiger partial charge is 0.352 e. The first-order chi connectivity index (χ1) is 20.0. The molecule has 2 amide bonds. The predicted octanol–water partition coefficient (Wildman–Crippen LogP) is 6.67. The minimum absolute atomic E-state index is 0.0461. The lowest BCUT2D eigenvalue weighted by Crippen LogP contribution is -2.53. The molecule has 0 heterocycles. The van der Waals surface area contributed by atoms with Crippen molar-refractivity contribution < 1.29 is 18.0 Å². The van der Waals surface area contributed by atoms with Crippen LogP contribution in [0.5, 0.6) is 0 Å². The van der Waals surface area contributed by atoms with Gasteiger partial charge in [-0.3, -0.25) is 13.9 Å². The second-order valence-corrected chi connectivity index (χ2v) is 13.6. The molecular weight excluding hydrogens is 593 g/mol. The molecule has 3 aromatic carbocycles. The summed E-state index contributed by atoms with van der Waals surface area (Å²) in [5.41, 5.74) is 2.44. The highest BCUT2D eigenvalue weighted by Crippen LogP contribution is 2.31. The number of carbonyl (C=O) groups excluding carboxylic acids is 2. The highest BCUT2D eigenvalue weighted by molar-refractivity contribution is 7.92. The maximum Gasteiger partial charge on any atom is 0.264 e. The number of hydrogen-bond donors (Lipinski definition) is 1. The van der Waals surface area contributed by atoms with E-state index < -0.39 is 28.5 Å². The number of halogens is 2. The Hall–Kier alpha value is -3.07. The van der Waals surface area contributed by atoms with Crippen molar-refractivity contribution in [3.05, 3.63) is 93.5 Å². The van der Waals surface area contributed by atoms with Gasteiger partial charge in [-0.25, -0.2) is 8.42 Å². The zero-order chi connectivity index (χ0) is 30.4. The molecule has 0 aromatic heterocycles. The number of nitrogens with one attached hydrogen (secondary N) is 1. The van der Waals surface area contributed by atoms with E-state index in [9.17, 15) is 18.0 Å². The molecule has 0 saturated heterocycles. The Morgan fingerprint density at radius 2 is 1.62 bits per heavy atom. The summed E-state index contributed by atoms with van der Waals surface area (Å²) in [5.74, 6) is -0.805. The first-order valence-corrected chi connectivity index (χ1v) is 16.4. The highest BCUT2D eigenvalue weighted by atomic mass is 35.5. The van der Waals surface area contributed by atoms with Gasteiger partial charge < -0.3 is 10.2 Å². The van der Waals surface area contributed by atoms with Crippen LogP contribution in [-0.2, 0) is 26.2 Å². The van der Waals surface area contributed by atoms with Crippen molar-refractivity contribution in [2.24, 2.45) is 0 Å². The van der Waals surface area contributed by atoms with Gasteiger partial charge in [0.15, 0.2) is 0 Å². The summed E-state index contributed by atoms with van der Waals surface area (Å²) < 4.78 is 29.2. The number of amides is 2. The average molecular weight is 631 g/mol. The Labute approximate surface area is 258 Å². The van der Waals surface area contributed by atoms with E-state index in [1.807, 2.05) is 13.0 Å². The van der Waals surface area contributed by atoms with E-state index in [1.165, 1.54) is 17.0 Å². The van der Waals surface area contributed by atoms with E-state index in [4.69, 9.17) is 23.2 Å². The van der Waals surface area contributed by atoms with Crippen molar-refractivity contribution in [2.45, 2.75) is 76.4 Å². The normalized spacial score (nSPS) is 14.7. The maximum absolute atomic E-state index is 14.2. The van der Waals surface area contributed by atoms with Gasteiger partial charge in [0.1, 0.15) is 12.6 Å². The Balaban J connectivity index is 1.71. The SMILES string of the molecule is Cc1ccc(S(=O)(=O)N(CC(=O)N(Cc2cccc(Cl)c2)[C@@H](C)C(=O)NC2CCCCC2)c2cccc(Cl)c2C)cc1. The molecule has 0 unspecified atom stereocenters. The Morgan fingerprint density at radius 3 is 2.29 bits per heavy atom. The van der Waals surface area contributed by atoms with Gasteiger partial charge in [-0.1, -0.05) is 78.4 Å². The third kappa shape index (κ3) is 7.65. The third-order valence-electron chi connectivity index (χ3n) is 7.76. The number of nitrogens with zero attached hydrogens (tertiary/aromatic N) is 2. The van der Waals surface area contributed by atoms with Gasteiger partial charge >= 0.3 is 0 Å². The molecule has 4 rings (SSSR count). The summed E-state index contributed by atoms with van der Waals surface area (Å²) in [6, 6.07) is 17.7. The number of aryl methyl sites for hydroxylation is 1. The van der Waals surface area contributed by atoms with E-state index in [1.54, 1.807) is 62.4 Å². The molecule has 3 aromatic rings. The van der Waals surface area contributed by atoms with Crippen molar-refractivity contribution in [1.82, 2.24) is 10.2 Å². The molecule has 1 aliphatic rings. The molecule has 0 spiro atoms. The van der Waals surface area contributed by atoms with Crippen LogP contribution in [0.3, 0.4) is 0 Å². The second-order valence-electron chi connectivity index (χ2n) is 10.9. The van der Waals surface area contributed by atoms with Gasteiger partial charge in [0.2, 0.25) is 11.8 Å². The van der Waals surface area contributed by atoms with Gasteiger partial charge in [0, 0.05) is 22.6 Å². The van der Waals surface area contributed by atoms with E-state index in [-0.39, 0.29) is 23.4 Å². The molecule has 1 saturated carbocycles. The lowest BCUT2D eigenvalue weighted by molar-refractivity contribution is -0.139. The van der Waals surface area contributed by atoms with E-state index in [2.05, 4.69) is 5.32 Å². The lowest BCUT2D eigenvalue weighted by Gasteiger charge is -2.33. The minimum atomic E-state index is -4.18. The maximum atomic E-state index is 14.2. The van der Waals surface area contributed by atoms with Crippen LogP contribution in [0.4, 0.5) is 5.69 Å². The summed E-state index contributed by atoms with van der Waals surface area (Å²) in [6.07, 6.45) is 5.05. The van der Waals surface area contributed by atoms with E-state index in [0.29, 0.717) is 21.3 Å². The van der Waals surface area contributed by atoms with Gasteiger partial charge in [0.05, 0.1) is 10.6 Å². The summed E-state index contributed by atoms with van der Waals surface area (Å²) in [4.78, 5) is 29.1. The first-order valence-electron chi connectivity index (χ1n) is 14.2. The summed E-state index contributed by atoms with van der Waals surface area (Å²) in [7, 11) is -4.18. The van der Waals surface area contributed by atoms with Crippen LogP contribution in [0.1, 0.15) is 55.7 Å². The fraction of sp³-hybridized carbons (Fsp3) is 0.375.